The highest BCUT2D eigenvalue weighted by Crippen LogP contribution is 2.46. The third kappa shape index (κ3) is 3.85. The number of halogens is 2. The molecule has 2 heterocycles. The molecule has 3 aliphatic rings. The molecule has 0 radical (unpaired) electrons. The number of aromatic nitrogens is 1. The Kier molecular flexibility index (Phi) is 5.95. The van der Waals surface area contributed by atoms with Crippen molar-refractivity contribution in [2.45, 2.75) is 37.5 Å². The number of aliphatic hydroxyl groups is 1. The lowest BCUT2D eigenvalue weighted by Crippen LogP contribution is -2.49. The molecule has 1 N–H and O–H groups in total. The number of aliphatic hydroxyl groups excluding tert-OH is 1. The fraction of sp³-hybridized carbons (Fsp3) is 0.520. The van der Waals surface area contributed by atoms with Crippen LogP contribution in [0.5, 0.6) is 5.75 Å². The Bertz CT molecular complexity index is 1080. The summed E-state index contributed by atoms with van der Waals surface area (Å²) in [7, 11) is 1.33. The van der Waals surface area contributed by atoms with Gasteiger partial charge in [0, 0.05) is 25.1 Å². The summed E-state index contributed by atoms with van der Waals surface area (Å²) in [4.78, 5) is 19.0. The van der Waals surface area contributed by atoms with E-state index in [9.17, 15) is 14.3 Å². The maximum absolute atomic E-state index is 15.0. The summed E-state index contributed by atoms with van der Waals surface area (Å²) in [5.74, 6) is 0.931. The zero-order valence-electron chi connectivity index (χ0n) is 18.7. The Balaban J connectivity index is 1.57. The number of nitrogens with zero attached hydrogens (tertiary/aromatic N) is 2. The van der Waals surface area contributed by atoms with Crippen LogP contribution in [0.1, 0.15) is 47.3 Å². The average Bonchev–Trinajstić information content (AvgIpc) is 2.96. The van der Waals surface area contributed by atoms with E-state index in [-0.39, 0.29) is 29.1 Å². The van der Waals surface area contributed by atoms with Gasteiger partial charge >= 0.3 is 5.97 Å². The molecule has 5 rings (SSSR count). The van der Waals surface area contributed by atoms with Crippen LogP contribution in [0, 0.1) is 17.7 Å². The number of hydrogen-bond acceptors (Lipinski definition) is 6. The van der Waals surface area contributed by atoms with Gasteiger partial charge in [-0.2, -0.15) is 0 Å². The van der Waals surface area contributed by atoms with Crippen molar-refractivity contribution in [3.63, 3.8) is 0 Å². The molecule has 1 aromatic carbocycles. The van der Waals surface area contributed by atoms with Crippen LogP contribution in [-0.2, 0) is 16.6 Å². The van der Waals surface area contributed by atoms with Crippen LogP contribution in [0.2, 0.25) is 5.02 Å². The molecule has 2 aromatic rings. The molecule has 1 aliphatic heterocycles. The number of benzene rings is 1. The van der Waals surface area contributed by atoms with Crippen LogP contribution in [0.15, 0.2) is 24.3 Å². The van der Waals surface area contributed by atoms with E-state index in [2.05, 4.69) is 9.88 Å². The quantitative estimate of drug-likeness (QED) is 0.671. The third-order valence-corrected chi connectivity index (χ3v) is 7.94. The third-order valence-electron chi connectivity index (χ3n) is 7.64. The van der Waals surface area contributed by atoms with Crippen LogP contribution in [0.25, 0.3) is 0 Å². The van der Waals surface area contributed by atoms with Crippen molar-refractivity contribution in [3.8, 4) is 5.75 Å². The maximum atomic E-state index is 15.0. The molecular formula is C25H28ClFN2O4. The molecule has 1 saturated carbocycles. The highest BCUT2D eigenvalue weighted by Gasteiger charge is 2.44. The number of fused-ring (bicyclic) bond motifs is 3. The van der Waals surface area contributed by atoms with E-state index in [4.69, 9.17) is 21.1 Å². The highest BCUT2D eigenvalue weighted by atomic mass is 35.5. The Morgan fingerprint density at radius 2 is 2.15 bits per heavy atom. The number of hydrogen-bond donors (Lipinski definition) is 1. The van der Waals surface area contributed by atoms with Crippen molar-refractivity contribution in [2.24, 2.45) is 11.8 Å². The lowest BCUT2D eigenvalue weighted by atomic mass is 9.69. The second-order valence-corrected chi connectivity index (χ2v) is 9.89. The summed E-state index contributed by atoms with van der Waals surface area (Å²) in [5, 5.41) is 9.88. The van der Waals surface area contributed by atoms with Gasteiger partial charge in [-0.1, -0.05) is 17.7 Å². The largest absolute Gasteiger partial charge is 0.489 e. The fourth-order valence-electron chi connectivity index (χ4n) is 5.63. The summed E-state index contributed by atoms with van der Waals surface area (Å²) < 4.78 is 26.1. The average molecular weight is 475 g/mol. The smallest absolute Gasteiger partial charge is 0.356 e. The van der Waals surface area contributed by atoms with Crippen molar-refractivity contribution in [1.29, 1.82) is 0 Å². The summed E-state index contributed by atoms with van der Waals surface area (Å²) in [6, 6.07) is 6.93. The van der Waals surface area contributed by atoms with E-state index >= 15 is 0 Å². The Hall–Kier alpha value is -2.38. The van der Waals surface area contributed by atoms with E-state index < -0.39 is 11.4 Å². The summed E-state index contributed by atoms with van der Waals surface area (Å²) in [6.07, 6.45) is 4.37. The molecule has 33 heavy (non-hydrogen) atoms. The van der Waals surface area contributed by atoms with Crippen molar-refractivity contribution in [3.05, 3.63) is 51.9 Å². The van der Waals surface area contributed by atoms with Crippen LogP contribution in [0.4, 0.5) is 10.2 Å². The van der Waals surface area contributed by atoms with Crippen LogP contribution >= 0.6 is 11.6 Å². The van der Waals surface area contributed by atoms with E-state index in [0.29, 0.717) is 49.2 Å². The Morgan fingerprint density at radius 1 is 1.33 bits per heavy atom. The summed E-state index contributed by atoms with van der Waals surface area (Å²) >= 11 is 6.10. The molecule has 0 unspecified atom stereocenters. The van der Waals surface area contributed by atoms with Gasteiger partial charge in [-0.3, -0.25) is 0 Å². The van der Waals surface area contributed by atoms with Gasteiger partial charge in [-0.05, 0) is 73.3 Å². The zero-order chi connectivity index (χ0) is 23.2. The van der Waals surface area contributed by atoms with Gasteiger partial charge in [0.2, 0.25) is 0 Å². The van der Waals surface area contributed by atoms with E-state index in [1.54, 1.807) is 18.2 Å². The zero-order valence-corrected chi connectivity index (χ0v) is 19.4. The first-order valence-corrected chi connectivity index (χ1v) is 11.9. The van der Waals surface area contributed by atoms with Gasteiger partial charge in [0.15, 0.2) is 17.3 Å². The van der Waals surface area contributed by atoms with Crippen LogP contribution in [0.3, 0.4) is 0 Å². The predicted octanol–water partition coefficient (Wildman–Crippen LogP) is 4.15. The van der Waals surface area contributed by atoms with Gasteiger partial charge in [0.05, 0.1) is 18.7 Å². The molecular weight excluding hydrogens is 447 g/mol. The second-order valence-electron chi connectivity index (χ2n) is 9.48. The van der Waals surface area contributed by atoms with Gasteiger partial charge in [0.1, 0.15) is 5.82 Å². The van der Waals surface area contributed by atoms with Crippen molar-refractivity contribution in [1.82, 2.24) is 4.98 Å². The van der Waals surface area contributed by atoms with Crippen LogP contribution < -0.4 is 9.64 Å². The molecule has 0 bridgehead atoms. The molecule has 0 amide bonds. The molecule has 1 spiro atoms. The summed E-state index contributed by atoms with van der Waals surface area (Å²) in [6.45, 7) is 1.82. The van der Waals surface area contributed by atoms with E-state index in [1.807, 2.05) is 6.07 Å². The molecule has 176 valence electrons. The van der Waals surface area contributed by atoms with Gasteiger partial charge < -0.3 is 19.5 Å². The number of carbonyl (C=O) groups is 1. The first-order valence-electron chi connectivity index (χ1n) is 11.5. The number of pyridine rings is 1. The molecule has 3 atom stereocenters. The van der Waals surface area contributed by atoms with Crippen molar-refractivity contribution in [2.75, 3.05) is 38.3 Å². The molecule has 0 saturated heterocycles. The Morgan fingerprint density at radius 3 is 2.88 bits per heavy atom. The number of carbonyl (C=O) groups excluding carboxylic acids is 1. The van der Waals surface area contributed by atoms with Gasteiger partial charge in [-0.15, -0.1) is 0 Å². The first kappa shape index (κ1) is 22.4. The minimum Gasteiger partial charge on any atom is -0.489 e. The number of methoxy groups -OCH3 is 1. The van der Waals surface area contributed by atoms with Gasteiger partial charge in [0.25, 0.3) is 0 Å². The Labute approximate surface area is 197 Å². The first-order chi connectivity index (χ1) is 16.0. The molecule has 8 heteroatoms. The standard InChI is InChI=1S/C25H28ClFN2O4/c1-32-24(31)20-8-9-21-23(28-20)29(11-15-4-5-16(15)12-30)13-25(14-33-21)10-2-3-17-18(25)6-7-19(26)22(17)27/h6-9,15-16,30H,2-5,10-14H2,1H3/t15-,16-,25-/m0/s1. The van der Waals surface area contributed by atoms with Gasteiger partial charge in [-0.25, -0.2) is 14.2 Å². The molecule has 1 aromatic heterocycles. The predicted molar refractivity (Wildman–Crippen MR) is 123 cm³/mol. The second kappa shape index (κ2) is 8.76. The normalized spacial score (nSPS) is 26.0. The number of anilines is 1. The van der Waals surface area contributed by atoms with Crippen molar-refractivity contribution < 1.29 is 23.8 Å². The van der Waals surface area contributed by atoms with E-state index in [1.165, 1.54) is 7.11 Å². The minimum atomic E-state index is -0.506. The molecule has 1 fully saturated rings. The number of esters is 1. The molecule has 6 nitrogen and oxygen atoms in total. The fourth-order valence-corrected chi connectivity index (χ4v) is 5.81. The minimum absolute atomic E-state index is 0.144. The SMILES string of the molecule is COC(=O)c1ccc2c(n1)N(C[C@@H]1CC[C@H]1CO)C[C@@]1(CCCc3c1ccc(Cl)c3F)CO2. The highest BCUT2D eigenvalue weighted by molar-refractivity contribution is 6.30. The van der Waals surface area contributed by atoms with E-state index in [0.717, 1.165) is 31.2 Å². The van der Waals surface area contributed by atoms with Crippen LogP contribution in [-0.4, -0.2) is 49.5 Å². The number of ether oxygens (including phenoxy) is 2. The lowest BCUT2D eigenvalue weighted by molar-refractivity contribution is 0.0594. The number of rotatable bonds is 4. The monoisotopic (exact) mass is 474 g/mol. The lowest BCUT2D eigenvalue weighted by Gasteiger charge is -2.44. The summed E-state index contributed by atoms with van der Waals surface area (Å²) in [5.41, 5.74) is 1.40. The maximum Gasteiger partial charge on any atom is 0.356 e. The molecule has 2 aliphatic carbocycles. The van der Waals surface area contributed by atoms with Crippen molar-refractivity contribution >= 4 is 23.4 Å². The topological polar surface area (TPSA) is 71.9 Å².